The predicted molar refractivity (Wildman–Crippen MR) is 52.2 cm³/mol. The van der Waals surface area contributed by atoms with Crippen molar-refractivity contribution in [3.63, 3.8) is 0 Å². The minimum atomic E-state index is -0.130. The zero-order valence-corrected chi connectivity index (χ0v) is 7.96. The lowest BCUT2D eigenvalue weighted by Gasteiger charge is -2.15. The first-order valence-corrected chi connectivity index (χ1v) is 5.03. The minimum absolute atomic E-state index is 0.130. The second-order valence-electron chi connectivity index (χ2n) is 4.07. The second-order valence-corrected chi connectivity index (χ2v) is 4.07. The molecule has 70 valence electrons. The second kappa shape index (κ2) is 3.49. The van der Waals surface area contributed by atoms with Gasteiger partial charge in [0.1, 0.15) is 5.82 Å². The molecule has 0 amide bonds. The molecule has 0 radical (unpaired) electrons. The van der Waals surface area contributed by atoms with E-state index in [-0.39, 0.29) is 5.82 Å². The van der Waals surface area contributed by atoms with Crippen LogP contribution in [-0.2, 0) is 0 Å². The fourth-order valence-electron chi connectivity index (χ4n) is 2.35. The van der Waals surface area contributed by atoms with E-state index in [9.17, 15) is 4.39 Å². The van der Waals surface area contributed by atoms with Crippen molar-refractivity contribution in [3.8, 4) is 0 Å². The molecule has 1 aliphatic rings. The molecule has 0 aliphatic heterocycles. The maximum Gasteiger partial charge on any atom is 0.123 e. The summed E-state index contributed by atoms with van der Waals surface area (Å²) >= 11 is 0. The summed E-state index contributed by atoms with van der Waals surface area (Å²) in [5.74, 6) is 1.31. The van der Waals surface area contributed by atoms with E-state index in [2.05, 4.69) is 6.92 Å². The number of hydrogen-bond acceptors (Lipinski definition) is 0. The molecule has 0 aromatic heterocycles. The van der Waals surface area contributed by atoms with Crippen molar-refractivity contribution in [2.24, 2.45) is 5.92 Å². The molecule has 13 heavy (non-hydrogen) atoms. The molecule has 2 unspecified atom stereocenters. The van der Waals surface area contributed by atoms with E-state index in [1.807, 2.05) is 12.1 Å². The lowest BCUT2D eigenvalue weighted by molar-refractivity contribution is 0.531. The Labute approximate surface area is 78.8 Å². The van der Waals surface area contributed by atoms with Gasteiger partial charge in [-0.15, -0.1) is 0 Å². The molecule has 0 heterocycles. The number of hydrogen-bond donors (Lipinski definition) is 0. The molecule has 0 spiro atoms. The van der Waals surface area contributed by atoms with E-state index in [0.29, 0.717) is 5.92 Å². The molecule has 1 aromatic carbocycles. The van der Waals surface area contributed by atoms with Crippen molar-refractivity contribution in [2.75, 3.05) is 0 Å². The Hall–Kier alpha value is -0.850. The minimum Gasteiger partial charge on any atom is -0.207 e. The molecule has 1 heteroatoms. The van der Waals surface area contributed by atoms with Crippen molar-refractivity contribution in [2.45, 2.75) is 32.1 Å². The molecule has 1 fully saturated rings. The van der Waals surface area contributed by atoms with E-state index in [4.69, 9.17) is 0 Å². The third-order valence-electron chi connectivity index (χ3n) is 3.16. The molecule has 2 atom stereocenters. The standard InChI is InChI=1S/C12H15F/c1-9-3-2-4-12(9)10-5-7-11(13)8-6-10/h5-9,12H,2-4H2,1H3. The summed E-state index contributed by atoms with van der Waals surface area (Å²) in [7, 11) is 0. The third kappa shape index (κ3) is 1.74. The van der Waals surface area contributed by atoms with Gasteiger partial charge in [0.15, 0.2) is 0 Å². The van der Waals surface area contributed by atoms with Gasteiger partial charge in [0.05, 0.1) is 0 Å². The molecule has 0 N–H and O–H groups in total. The highest BCUT2D eigenvalue weighted by atomic mass is 19.1. The van der Waals surface area contributed by atoms with Gasteiger partial charge in [-0.2, -0.15) is 0 Å². The van der Waals surface area contributed by atoms with Crippen LogP contribution in [0, 0.1) is 11.7 Å². The van der Waals surface area contributed by atoms with Gasteiger partial charge >= 0.3 is 0 Å². The van der Waals surface area contributed by atoms with E-state index in [1.54, 1.807) is 12.1 Å². The van der Waals surface area contributed by atoms with E-state index in [0.717, 1.165) is 5.92 Å². The molecular weight excluding hydrogens is 163 g/mol. The average molecular weight is 178 g/mol. The predicted octanol–water partition coefficient (Wildman–Crippen LogP) is 3.73. The van der Waals surface area contributed by atoms with Crippen LogP contribution in [0.15, 0.2) is 24.3 Å². The normalized spacial score (nSPS) is 27.8. The summed E-state index contributed by atoms with van der Waals surface area (Å²) in [5.41, 5.74) is 1.31. The summed E-state index contributed by atoms with van der Waals surface area (Å²) in [4.78, 5) is 0. The largest absolute Gasteiger partial charge is 0.207 e. The molecular formula is C12H15F. The quantitative estimate of drug-likeness (QED) is 0.614. The Morgan fingerprint density at radius 2 is 1.85 bits per heavy atom. The number of benzene rings is 1. The highest BCUT2D eigenvalue weighted by molar-refractivity contribution is 5.21. The Bertz CT molecular complexity index is 276. The highest BCUT2D eigenvalue weighted by Gasteiger charge is 2.24. The van der Waals surface area contributed by atoms with Crippen LogP contribution in [-0.4, -0.2) is 0 Å². The molecule has 0 nitrogen and oxygen atoms in total. The lowest BCUT2D eigenvalue weighted by Crippen LogP contribution is -2.01. The maximum absolute atomic E-state index is 12.7. The Kier molecular flexibility index (Phi) is 2.34. The summed E-state index contributed by atoms with van der Waals surface area (Å²) in [5, 5.41) is 0. The van der Waals surface area contributed by atoms with Crippen molar-refractivity contribution >= 4 is 0 Å². The van der Waals surface area contributed by atoms with Gasteiger partial charge in [0, 0.05) is 0 Å². The van der Waals surface area contributed by atoms with Crippen LogP contribution in [0.5, 0.6) is 0 Å². The number of halogens is 1. The Morgan fingerprint density at radius 3 is 2.38 bits per heavy atom. The first-order chi connectivity index (χ1) is 6.27. The molecule has 1 aromatic rings. The molecule has 0 saturated heterocycles. The monoisotopic (exact) mass is 178 g/mol. The number of rotatable bonds is 1. The zero-order chi connectivity index (χ0) is 9.26. The topological polar surface area (TPSA) is 0 Å². The van der Waals surface area contributed by atoms with E-state index < -0.39 is 0 Å². The smallest absolute Gasteiger partial charge is 0.123 e. The van der Waals surface area contributed by atoms with Gasteiger partial charge in [-0.05, 0) is 36.0 Å². The highest BCUT2D eigenvalue weighted by Crippen LogP contribution is 2.38. The zero-order valence-electron chi connectivity index (χ0n) is 7.96. The van der Waals surface area contributed by atoms with E-state index in [1.165, 1.54) is 24.8 Å². The summed E-state index contributed by atoms with van der Waals surface area (Å²) < 4.78 is 12.7. The van der Waals surface area contributed by atoms with Crippen molar-refractivity contribution in [1.82, 2.24) is 0 Å². The molecule has 0 bridgehead atoms. The molecule has 1 saturated carbocycles. The van der Waals surface area contributed by atoms with Crippen LogP contribution >= 0.6 is 0 Å². The first kappa shape index (κ1) is 8.74. The van der Waals surface area contributed by atoms with Crippen molar-refractivity contribution < 1.29 is 4.39 Å². The fourth-order valence-corrected chi connectivity index (χ4v) is 2.35. The van der Waals surface area contributed by atoms with Crippen molar-refractivity contribution in [1.29, 1.82) is 0 Å². The first-order valence-electron chi connectivity index (χ1n) is 5.03. The van der Waals surface area contributed by atoms with Crippen LogP contribution in [0.1, 0.15) is 37.7 Å². The van der Waals surface area contributed by atoms with Gasteiger partial charge < -0.3 is 0 Å². The average Bonchev–Trinajstić information content (AvgIpc) is 2.53. The van der Waals surface area contributed by atoms with Gasteiger partial charge in [-0.3, -0.25) is 0 Å². The lowest BCUT2D eigenvalue weighted by atomic mass is 9.90. The van der Waals surface area contributed by atoms with Crippen LogP contribution in [0.3, 0.4) is 0 Å². The van der Waals surface area contributed by atoms with Crippen molar-refractivity contribution in [3.05, 3.63) is 35.6 Å². The Morgan fingerprint density at radius 1 is 1.15 bits per heavy atom. The Balaban J connectivity index is 2.20. The van der Waals surface area contributed by atoms with E-state index >= 15 is 0 Å². The van der Waals surface area contributed by atoms with Crippen LogP contribution < -0.4 is 0 Å². The van der Waals surface area contributed by atoms with Gasteiger partial charge in [0.2, 0.25) is 0 Å². The van der Waals surface area contributed by atoms with Gasteiger partial charge in [0.25, 0.3) is 0 Å². The third-order valence-corrected chi connectivity index (χ3v) is 3.16. The van der Waals surface area contributed by atoms with Gasteiger partial charge in [-0.1, -0.05) is 31.9 Å². The summed E-state index contributed by atoms with van der Waals surface area (Å²) in [6.45, 7) is 2.29. The van der Waals surface area contributed by atoms with Crippen LogP contribution in [0.2, 0.25) is 0 Å². The molecule has 1 aliphatic carbocycles. The van der Waals surface area contributed by atoms with Gasteiger partial charge in [-0.25, -0.2) is 4.39 Å². The summed E-state index contributed by atoms with van der Waals surface area (Å²) in [6, 6.07) is 7.00. The fraction of sp³-hybridized carbons (Fsp3) is 0.500. The van der Waals surface area contributed by atoms with Crippen LogP contribution in [0.4, 0.5) is 4.39 Å². The van der Waals surface area contributed by atoms with Crippen LogP contribution in [0.25, 0.3) is 0 Å². The SMILES string of the molecule is CC1CCCC1c1ccc(F)cc1. The molecule has 2 rings (SSSR count). The maximum atomic E-state index is 12.7. The summed E-state index contributed by atoms with van der Waals surface area (Å²) in [6.07, 6.45) is 3.91.